The Balaban J connectivity index is 2.19. The molecule has 0 aliphatic heterocycles. The molecule has 21 heavy (non-hydrogen) atoms. The van der Waals surface area contributed by atoms with Crippen LogP contribution in [-0.2, 0) is 9.84 Å². The molecule has 2 rings (SSSR count). The van der Waals surface area contributed by atoms with Crippen molar-refractivity contribution in [3.05, 3.63) is 59.1 Å². The average molecular weight is 326 g/mol. The Labute approximate surface area is 129 Å². The van der Waals surface area contributed by atoms with Crippen molar-refractivity contribution in [2.75, 3.05) is 12.8 Å². The molecule has 0 aliphatic rings. The van der Waals surface area contributed by atoms with E-state index in [0.717, 1.165) is 11.8 Å². The number of halogens is 1. The summed E-state index contributed by atoms with van der Waals surface area (Å²) in [7, 11) is -3.21. The van der Waals surface area contributed by atoms with Gasteiger partial charge in [-0.1, -0.05) is 23.7 Å². The minimum absolute atomic E-state index is 0.252. The van der Waals surface area contributed by atoms with Gasteiger partial charge in [-0.05, 0) is 42.0 Å². The van der Waals surface area contributed by atoms with Crippen LogP contribution in [0.5, 0.6) is 5.75 Å². The predicted molar refractivity (Wildman–Crippen MR) is 83.4 cm³/mol. The van der Waals surface area contributed by atoms with Gasteiger partial charge in [0.15, 0.2) is 9.84 Å². The first-order valence-electron chi connectivity index (χ1n) is 6.32. The third kappa shape index (κ3) is 4.20. The fourth-order valence-corrected chi connectivity index (χ4v) is 2.72. The molecule has 0 aliphatic carbocycles. The maximum atomic E-state index is 11.4. The van der Waals surface area contributed by atoms with Gasteiger partial charge in [0.1, 0.15) is 11.9 Å². The van der Waals surface area contributed by atoms with Crippen LogP contribution >= 0.6 is 11.6 Å². The molecule has 112 valence electrons. The summed E-state index contributed by atoms with van der Waals surface area (Å²) >= 11 is 5.96. The Morgan fingerprint density at radius 3 is 2.38 bits per heavy atom. The lowest BCUT2D eigenvalue weighted by Gasteiger charge is -2.18. The second kappa shape index (κ2) is 6.47. The summed E-state index contributed by atoms with van der Waals surface area (Å²) < 4.78 is 28.6. The lowest BCUT2D eigenvalue weighted by Crippen LogP contribution is -2.18. The second-order valence-electron chi connectivity index (χ2n) is 4.64. The van der Waals surface area contributed by atoms with E-state index in [1.807, 2.05) is 12.1 Å². The van der Waals surface area contributed by atoms with Gasteiger partial charge >= 0.3 is 0 Å². The second-order valence-corrected chi connectivity index (χ2v) is 7.09. The first kappa shape index (κ1) is 15.8. The zero-order valence-corrected chi connectivity index (χ0v) is 13.1. The maximum Gasteiger partial charge on any atom is 0.175 e. The predicted octanol–water partition coefficient (Wildman–Crippen LogP) is 2.82. The Kier molecular flexibility index (Phi) is 4.88. The van der Waals surface area contributed by atoms with Crippen LogP contribution < -0.4 is 10.5 Å². The van der Waals surface area contributed by atoms with Crippen molar-refractivity contribution < 1.29 is 13.2 Å². The number of benzene rings is 2. The average Bonchev–Trinajstić information content (AvgIpc) is 2.44. The van der Waals surface area contributed by atoms with Gasteiger partial charge in [-0.25, -0.2) is 8.42 Å². The van der Waals surface area contributed by atoms with Crippen LogP contribution in [-0.4, -0.2) is 21.2 Å². The van der Waals surface area contributed by atoms with Crippen molar-refractivity contribution in [1.29, 1.82) is 0 Å². The topological polar surface area (TPSA) is 69.4 Å². The highest BCUT2D eigenvalue weighted by molar-refractivity contribution is 7.90. The van der Waals surface area contributed by atoms with Gasteiger partial charge in [0.25, 0.3) is 0 Å². The third-order valence-electron chi connectivity index (χ3n) is 2.96. The van der Waals surface area contributed by atoms with Crippen LogP contribution in [0.25, 0.3) is 0 Å². The van der Waals surface area contributed by atoms with Crippen molar-refractivity contribution in [3.8, 4) is 5.75 Å². The van der Waals surface area contributed by atoms with Gasteiger partial charge in [0.05, 0.1) is 4.90 Å². The monoisotopic (exact) mass is 325 g/mol. The van der Waals surface area contributed by atoms with E-state index in [1.54, 1.807) is 24.3 Å². The summed E-state index contributed by atoms with van der Waals surface area (Å²) in [6.07, 6.45) is 0.824. The molecule has 0 saturated carbocycles. The summed E-state index contributed by atoms with van der Waals surface area (Å²) in [5.74, 6) is 0.554. The van der Waals surface area contributed by atoms with Gasteiger partial charge in [-0.15, -0.1) is 0 Å². The van der Waals surface area contributed by atoms with Gasteiger partial charge in [0.2, 0.25) is 0 Å². The summed E-state index contributed by atoms with van der Waals surface area (Å²) in [4.78, 5) is 0.252. The molecule has 6 heteroatoms. The maximum absolute atomic E-state index is 11.4. The molecule has 0 aromatic heterocycles. The van der Waals surface area contributed by atoms with Crippen LogP contribution in [0.4, 0.5) is 0 Å². The van der Waals surface area contributed by atoms with Gasteiger partial charge in [0, 0.05) is 17.8 Å². The van der Waals surface area contributed by atoms with Crippen molar-refractivity contribution >= 4 is 21.4 Å². The third-order valence-corrected chi connectivity index (χ3v) is 4.33. The van der Waals surface area contributed by atoms with E-state index in [-0.39, 0.29) is 17.5 Å². The molecule has 0 heterocycles. The van der Waals surface area contributed by atoms with E-state index >= 15 is 0 Å². The molecule has 4 nitrogen and oxygen atoms in total. The molecular weight excluding hydrogens is 310 g/mol. The van der Waals surface area contributed by atoms with Crippen LogP contribution in [0.3, 0.4) is 0 Å². The first-order valence-corrected chi connectivity index (χ1v) is 8.59. The SMILES string of the molecule is CS(=O)(=O)c1ccc(OC(CN)c2cccc(Cl)c2)cc1. The molecule has 0 bridgehead atoms. The van der Waals surface area contributed by atoms with Gasteiger partial charge in [-0.3, -0.25) is 0 Å². The number of sulfone groups is 1. The molecule has 0 spiro atoms. The number of hydrogen-bond donors (Lipinski definition) is 1. The number of hydrogen-bond acceptors (Lipinski definition) is 4. The standard InChI is InChI=1S/C15H16ClNO3S/c1-21(18,19)14-7-5-13(6-8-14)20-15(10-17)11-3-2-4-12(16)9-11/h2-9,15H,10,17H2,1H3. The first-order chi connectivity index (χ1) is 9.90. The molecule has 2 aromatic rings. The van der Waals surface area contributed by atoms with Crippen molar-refractivity contribution in [1.82, 2.24) is 0 Å². The molecule has 0 saturated heterocycles. The van der Waals surface area contributed by atoms with E-state index in [9.17, 15) is 8.42 Å². The lowest BCUT2D eigenvalue weighted by atomic mass is 10.1. The summed E-state index contributed by atoms with van der Waals surface area (Å²) in [5, 5.41) is 0.613. The van der Waals surface area contributed by atoms with E-state index < -0.39 is 9.84 Å². The molecule has 1 unspecified atom stereocenters. The largest absolute Gasteiger partial charge is 0.484 e. The minimum Gasteiger partial charge on any atom is -0.484 e. The zero-order valence-electron chi connectivity index (χ0n) is 11.5. The zero-order chi connectivity index (χ0) is 15.5. The molecule has 0 radical (unpaired) electrons. The minimum atomic E-state index is -3.21. The number of rotatable bonds is 5. The smallest absolute Gasteiger partial charge is 0.175 e. The van der Waals surface area contributed by atoms with E-state index in [4.69, 9.17) is 22.1 Å². The van der Waals surface area contributed by atoms with Crippen LogP contribution in [0.15, 0.2) is 53.4 Å². The van der Waals surface area contributed by atoms with Gasteiger partial charge < -0.3 is 10.5 Å². The number of nitrogens with two attached hydrogens (primary N) is 1. The highest BCUT2D eigenvalue weighted by Crippen LogP contribution is 2.24. The number of ether oxygens (including phenoxy) is 1. The molecule has 0 amide bonds. The Morgan fingerprint density at radius 2 is 1.86 bits per heavy atom. The van der Waals surface area contributed by atoms with Crippen LogP contribution in [0.2, 0.25) is 5.02 Å². The highest BCUT2D eigenvalue weighted by atomic mass is 35.5. The summed E-state index contributed by atoms with van der Waals surface area (Å²) in [6.45, 7) is 0.286. The highest BCUT2D eigenvalue weighted by Gasteiger charge is 2.13. The van der Waals surface area contributed by atoms with E-state index in [1.165, 1.54) is 12.1 Å². The lowest BCUT2D eigenvalue weighted by molar-refractivity contribution is 0.214. The summed E-state index contributed by atoms with van der Waals surface area (Å²) in [6, 6.07) is 13.5. The fraction of sp³-hybridized carbons (Fsp3) is 0.200. The Morgan fingerprint density at radius 1 is 1.19 bits per heavy atom. The molecule has 1 atom stereocenters. The van der Waals surface area contributed by atoms with Crippen molar-refractivity contribution in [3.63, 3.8) is 0 Å². The molecule has 2 N–H and O–H groups in total. The van der Waals surface area contributed by atoms with Gasteiger partial charge in [-0.2, -0.15) is 0 Å². The van der Waals surface area contributed by atoms with E-state index in [0.29, 0.717) is 10.8 Å². The molecular formula is C15H16ClNO3S. The van der Waals surface area contributed by atoms with Crippen LogP contribution in [0, 0.1) is 0 Å². The van der Waals surface area contributed by atoms with Crippen LogP contribution in [0.1, 0.15) is 11.7 Å². The quantitative estimate of drug-likeness (QED) is 0.917. The van der Waals surface area contributed by atoms with E-state index in [2.05, 4.69) is 0 Å². The summed E-state index contributed by atoms with van der Waals surface area (Å²) in [5.41, 5.74) is 6.61. The Bertz CT molecular complexity index is 714. The Hall–Kier alpha value is -1.56. The van der Waals surface area contributed by atoms with Crippen molar-refractivity contribution in [2.24, 2.45) is 5.73 Å². The van der Waals surface area contributed by atoms with Crippen molar-refractivity contribution in [2.45, 2.75) is 11.0 Å². The fourth-order valence-electron chi connectivity index (χ4n) is 1.89. The molecule has 2 aromatic carbocycles. The normalized spacial score (nSPS) is 12.9. The molecule has 0 fully saturated rings.